The molecule has 0 fully saturated rings. The molecule has 0 unspecified atom stereocenters. The molecule has 0 bridgehead atoms. The van der Waals surface area contributed by atoms with Crippen LogP contribution >= 0.6 is 0 Å². The van der Waals surface area contributed by atoms with E-state index in [0.29, 0.717) is 0 Å². The van der Waals surface area contributed by atoms with Crippen LogP contribution in [-0.4, -0.2) is 11.7 Å². The zero-order valence-corrected chi connectivity index (χ0v) is 15.2. The molecule has 3 heteroatoms. The van der Waals surface area contributed by atoms with Crippen LogP contribution in [0.4, 0.5) is 0 Å². The summed E-state index contributed by atoms with van der Waals surface area (Å²) in [5, 5.41) is 7.98. The van der Waals surface area contributed by atoms with Crippen LogP contribution in [0.2, 0.25) is 0 Å². The van der Waals surface area contributed by atoms with Gasteiger partial charge in [0.15, 0.2) is 0 Å². The molecular formula is C9H17OUY-3. The number of hydrogen-bond donors (Lipinski definition) is 1. The first-order valence-electron chi connectivity index (χ1n) is 3.33. The first kappa shape index (κ1) is 29.2. The van der Waals surface area contributed by atoms with Gasteiger partial charge in [0.1, 0.15) is 0 Å². The molecule has 0 amide bonds. The van der Waals surface area contributed by atoms with Gasteiger partial charge in [0.05, 0.1) is 0 Å². The zero-order valence-electron chi connectivity index (χ0n) is 8.17. The maximum Gasteiger partial charge on any atom is 0 e. The largest absolute Gasteiger partial charge is 0.413 e. The van der Waals surface area contributed by atoms with Crippen molar-refractivity contribution in [3.8, 4) is 0 Å². The van der Waals surface area contributed by atoms with Gasteiger partial charge < -0.3 is 36.8 Å². The molecule has 1 nitrogen and oxygen atoms in total. The van der Waals surface area contributed by atoms with E-state index < -0.39 is 0 Å². The second kappa shape index (κ2) is 54.1. The summed E-state index contributed by atoms with van der Waals surface area (Å²) in [6.07, 6.45) is 5.22. The van der Waals surface area contributed by atoms with Crippen molar-refractivity contribution in [2.45, 2.75) is 20.8 Å². The fraction of sp³-hybridized carbons (Fsp3) is 0.444. The molecule has 0 saturated carbocycles. The third-order valence-corrected chi connectivity index (χ3v) is 0.305. The predicted molar refractivity (Wildman–Crippen MR) is 46.1 cm³/mol. The maximum absolute atomic E-state index is 7.98. The summed E-state index contributed by atoms with van der Waals surface area (Å²) >= 11 is 0. The zero-order chi connectivity index (χ0) is 8.83. The molecule has 0 aliphatic heterocycles. The number of rotatable bonds is 2. The summed E-state index contributed by atoms with van der Waals surface area (Å²) in [6.45, 7) is 13.8. The molecule has 0 aliphatic rings. The molecule has 0 aromatic heterocycles. The normalized spacial score (nSPS) is 5.75. The molecule has 0 rings (SSSR count). The van der Waals surface area contributed by atoms with Gasteiger partial charge >= 0.3 is 0 Å². The molecule has 0 atom stereocenters. The minimum Gasteiger partial charge on any atom is -0.413 e. The standard InChI is InChI=1S/C5H6O.C2H6.C2H5.U.Y/c1-2-3-4-5-6;2*1-2;;/h1-3,6H,5H2;1-2H3;1H2,2H3;;/q-2;;-1;;. The molecule has 1 radical (unpaired) electrons. The van der Waals surface area contributed by atoms with Crippen molar-refractivity contribution in [1.29, 1.82) is 0 Å². The van der Waals surface area contributed by atoms with E-state index in [1.807, 2.05) is 13.8 Å². The summed E-state index contributed by atoms with van der Waals surface area (Å²) in [6, 6.07) is 0. The minimum atomic E-state index is -0.0618. The number of allylic oxidation sites excluding steroid dienone is 2. The van der Waals surface area contributed by atoms with Crippen molar-refractivity contribution < 1.29 is 68.9 Å². The Balaban J connectivity index is -0.0000000241. The van der Waals surface area contributed by atoms with Crippen LogP contribution in [0.25, 0.3) is 0 Å². The fourth-order valence-electron chi connectivity index (χ4n) is 0.121. The van der Waals surface area contributed by atoms with Gasteiger partial charge in [-0.05, 0) is 6.61 Å². The molecule has 1 N–H and O–H groups in total. The molecule has 0 saturated heterocycles. The van der Waals surface area contributed by atoms with Gasteiger partial charge in [-0.25, -0.2) is 0 Å². The van der Waals surface area contributed by atoms with E-state index in [1.165, 1.54) is 12.2 Å². The molecule has 0 aromatic carbocycles. The molecule has 69 valence electrons. The molecule has 12 heavy (non-hydrogen) atoms. The van der Waals surface area contributed by atoms with Gasteiger partial charge in [-0.2, -0.15) is 6.92 Å². The Kier molecular flexibility index (Phi) is 132. The van der Waals surface area contributed by atoms with E-state index in [1.54, 1.807) is 6.92 Å². The summed E-state index contributed by atoms with van der Waals surface area (Å²) < 4.78 is 0. The quantitative estimate of drug-likeness (QED) is 0.487. The topological polar surface area (TPSA) is 20.2 Å². The first-order chi connectivity index (χ1) is 4.91. The van der Waals surface area contributed by atoms with E-state index in [0.717, 1.165) is 0 Å². The van der Waals surface area contributed by atoms with E-state index in [-0.39, 0.29) is 70.4 Å². The van der Waals surface area contributed by atoms with Gasteiger partial charge in [-0.3, -0.25) is 0 Å². The van der Waals surface area contributed by atoms with Gasteiger partial charge in [0, 0.05) is 63.8 Å². The molecule has 0 aromatic rings. The van der Waals surface area contributed by atoms with Gasteiger partial charge in [-0.1, -0.05) is 13.8 Å². The van der Waals surface area contributed by atoms with Crippen molar-refractivity contribution in [3.05, 3.63) is 31.7 Å². The van der Waals surface area contributed by atoms with Crippen LogP contribution < -0.4 is 0 Å². The third kappa shape index (κ3) is 61.6. The van der Waals surface area contributed by atoms with Crippen molar-refractivity contribution in [1.82, 2.24) is 0 Å². The SMILES string of the molecule is CC.[CH-]=CC=[C-]CO.[CH2-]C.[U].[Y]. The van der Waals surface area contributed by atoms with Crippen LogP contribution in [-0.2, 0) is 32.7 Å². The summed E-state index contributed by atoms with van der Waals surface area (Å²) in [5.41, 5.74) is 0. The maximum atomic E-state index is 7.98. The average molecular weight is 468 g/mol. The molecular weight excluding hydrogens is 451 g/mol. The average Bonchev–Trinajstić information content (AvgIpc) is 2.08. The van der Waals surface area contributed by atoms with Crippen LogP contribution in [0.5, 0.6) is 0 Å². The number of aliphatic hydroxyl groups excluding tert-OH is 1. The summed E-state index contributed by atoms with van der Waals surface area (Å²) in [7, 11) is 0. The number of hydrogen-bond acceptors (Lipinski definition) is 1. The Morgan fingerprint density at radius 1 is 1.42 bits per heavy atom. The van der Waals surface area contributed by atoms with Crippen LogP contribution in [0, 0.1) is 50.7 Å². The van der Waals surface area contributed by atoms with Gasteiger partial charge in [0.2, 0.25) is 0 Å². The Labute approximate surface area is 126 Å². The first-order valence-corrected chi connectivity index (χ1v) is 3.33. The van der Waals surface area contributed by atoms with E-state index in [2.05, 4.69) is 13.0 Å². The third-order valence-electron chi connectivity index (χ3n) is 0.305. The second-order valence-corrected chi connectivity index (χ2v) is 0.721. The Morgan fingerprint density at radius 3 is 1.83 bits per heavy atom. The smallest absolute Gasteiger partial charge is 0 e. The minimum absolute atomic E-state index is 0. The van der Waals surface area contributed by atoms with Crippen molar-refractivity contribution >= 4 is 0 Å². The van der Waals surface area contributed by atoms with Crippen molar-refractivity contribution in [3.63, 3.8) is 0 Å². The Hall–Kier alpha value is 1.60. The second-order valence-electron chi connectivity index (χ2n) is 0.721. The van der Waals surface area contributed by atoms with E-state index >= 15 is 0 Å². The van der Waals surface area contributed by atoms with Crippen molar-refractivity contribution in [2.24, 2.45) is 0 Å². The summed E-state index contributed by atoms with van der Waals surface area (Å²) in [5.74, 6) is 0. The monoisotopic (exact) mass is 468 g/mol. The van der Waals surface area contributed by atoms with Gasteiger partial charge in [0.25, 0.3) is 0 Å². The number of aliphatic hydroxyl groups is 1. The molecule has 0 spiro atoms. The van der Waals surface area contributed by atoms with Crippen molar-refractivity contribution in [2.75, 3.05) is 6.61 Å². The van der Waals surface area contributed by atoms with Gasteiger partial charge in [-0.15, -0.1) is 0 Å². The molecule has 0 aliphatic carbocycles. The van der Waals surface area contributed by atoms with E-state index in [4.69, 9.17) is 11.7 Å². The Morgan fingerprint density at radius 2 is 1.75 bits per heavy atom. The summed E-state index contributed by atoms with van der Waals surface area (Å²) in [4.78, 5) is 0. The molecule has 0 heterocycles. The van der Waals surface area contributed by atoms with E-state index in [9.17, 15) is 0 Å². The van der Waals surface area contributed by atoms with Crippen LogP contribution in [0.3, 0.4) is 0 Å². The Bertz CT molecular complexity index is 65.5. The van der Waals surface area contributed by atoms with Crippen LogP contribution in [0.1, 0.15) is 20.8 Å². The van der Waals surface area contributed by atoms with Crippen LogP contribution in [0.15, 0.2) is 12.2 Å². The fourth-order valence-corrected chi connectivity index (χ4v) is 0.121. The predicted octanol–water partition coefficient (Wildman–Crippen LogP) is 2.19.